The molecule has 19 heavy (non-hydrogen) atoms. The van der Waals surface area contributed by atoms with E-state index in [0.29, 0.717) is 6.61 Å². The van der Waals surface area contributed by atoms with E-state index in [2.05, 4.69) is 5.32 Å². The number of hydrogen-bond donors (Lipinski definition) is 2. The first-order valence-electron chi connectivity index (χ1n) is 6.93. The Morgan fingerprint density at radius 2 is 2.05 bits per heavy atom. The van der Waals surface area contributed by atoms with E-state index in [9.17, 15) is 0 Å². The average molecular weight is 267 g/mol. The number of benzene rings is 1. The summed E-state index contributed by atoms with van der Waals surface area (Å²) in [7, 11) is 1.66. The summed E-state index contributed by atoms with van der Waals surface area (Å²) in [5.74, 6) is 1.61. The van der Waals surface area contributed by atoms with Crippen LogP contribution in [0.4, 0.5) is 0 Å². The van der Waals surface area contributed by atoms with Gasteiger partial charge in [0.05, 0.1) is 13.7 Å². The second kappa shape index (κ2) is 9.64. The Hall–Kier alpha value is -1.26. The van der Waals surface area contributed by atoms with Crippen LogP contribution in [0.15, 0.2) is 18.2 Å². The molecule has 0 aliphatic carbocycles. The van der Waals surface area contributed by atoms with Crippen LogP contribution in [0.25, 0.3) is 0 Å². The molecule has 108 valence electrons. The van der Waals surface area contributed by atoms with Gasteiger partial charge < -0.3 is 19.9 Å². The third-order valence-electron chi connectivity index (χ3n) is 2.90. The smallest absolute Gasteiger partial charge is 0.165 e. The van der Waals surface area contributed by atoms with Crippen LogP contribution < -0.4 is 14.8 Å². The molecule has 1 aromatic rings. The van der Waals surface area contributed by atoms with Crippen LogP contribution in [0.3, 0.4) is 0 Å². The maximum Gasteiger partial charge on any atom is 0.165 e. The van der Waals surface area contributed by atoms with Crippen molar-refractivity contribution in [3.8, 4) is 11.5 Å². The van der Waals surface area contributed by atoms with Crippen molar-refractivity contribution < 1.29 is 14.6 Å². The van der Waals surface area contributed by atoms with Gasteiger partial charge >= 0.3 is 0 Å². The molecule has 1 rings (SSSR count). The van der Waals surface area contributed by atoms with E-state index in [0.717, 1.165) is 49.4 Å². The molecular weight excluding hydrogens is 242 g/mol. The number of para-hydroxylation sites is 1. The van der Waals surface area contributed by atoms with Gasteiger partial charge in [0.1, 0.15) is 0 Å². The van der Waals surface area contributed by atoms with E-state index in [1.54, 1.807) is 7.11 Å². The van der Waals surface area contributed by atoms with Gasteiger partial charge in [0.15, 0.2) is 11.5 Å². The molecule has 0 aliphatic heterocycles. The monoisotopic (exact) mass is 267 g/mol. The molecule has 0 bridgehead atoms. The first kappa shape index (κ1) is 15.8. The van der Waals surface area contributed by atoms with Crippen molar-refractivity contribution in [2.45, 2.75) is 32.7 Å². The summed E-state index contributed by atoms with van der Waals surface area (Å²) in [5, 5.41) is 12.1. The fraction of sp³-hybridized carbons (Fsp3) is 0.600. The summed E-state index contributed by atoms with van der Waals surface area (Å²) in [6.45, 7) is 4.60. The van der Waals surface area contributed by atoms with Gasteiger partial charge in [-0.1, -0.05) is 12.1 Å². The number of unbranched alkanes of at least 4 members (excludes halogenated alkanes) is 2. The molecule has 0 aromatic heterocycles. The van der Waals surface area contributed by atoms with Crippen LogP contribution in [0.5, 0.6) is 11.5 Å². The van der Waals surface area contributed by atoms with Crippen LogP contribution in [0, 0.1) is 0 Å². The molecule has 0 aliphatic rings. The minimum Gasteiger partial charge on any atom is -0.493 e. The summed E-state index contributed by atoms with van der Waals surface area (Å²) in [4.78, 5) is 0. The number of methoxy groups -OCH3 is 1. The number of nitrogens with one attached hydrogen (secondary N) is 1. The second-order valence-corrected chi connectivity index (χ2v) is 4.34. The third-order valence-corrected chi connectivity index (χ3v) is 2.90. The van der Waals surface area contributed by atoms with Gasteiger partial charge in [0.25, 0.3) is 0 Å². The fourth-order valence-electron chi connectivity index (χ4n) is 1.93. The lowest BCUT2D eigenvalue weighted by molar-refractivity contribution is 0.282. The zero-order valence-electron chi connectivity index (χ0n) is 11.9. The topological polar surface area (TPSA) is 50.7 Å². The van der Waals surface area contributed by atoms with Crippen molar-refractivity contribution in [1.82, 2.24) is 5.32 Å². The highest BCUT2D eigenvalue weighted by Crippen LogP contribution is 2.30. The van der Waals surface area contributed by atoms with Gasteiger partial charge in [0, 0.05) is 18.7 Å². The highest BCUT2D eigenvalue weighted by molar-refractivity contribution is 5.46. The van der Waals surface area contributed by atoms with Gasteiger partial charge in [-0.15, -0.1) is 0 Å². The average Bonchev–Trinajstić information content (AvgIpc) is 2.44. The molecule has 1 aromatic carbocycles. The van der Waals surface area contributed by atoms with Crippen LogP contribution in [-0.2, 0) is 6.54 Å². The largest absolute Gasteiger partial charge is 0.493 e. The molecule has 0 saturated carbocycles. The Morgan fingerprint density at radius 1 is 1.21 bits per heavy atom. The molecule has 0 atom stereocenters. The number of rotatable bonds is 10. The zero-order chi connectivity index (χ0) is 13.9. The quantitative estimate of drug-likeness (QED) is 0.639. The standard InChI is InChI=1S/C15H25NO3/c1-3-19-15-13(8-7-9-14(15)18-2)12-16-10-5-4-6-11-17/h7-9,16-17H,3-6,10-12H2,1-2H3. The fourth-order valence-corrected chi connectivity index (χ4v) is 1.93. The van der Waals surface area contributed by atoms with Crippen LogP contribution >= 0.6 is 0 Å². The normalized spacial score (nSPS) is 10.5. The highest BCUT2D eigenvalue weighted by Gasteiger charge is 2.09. The Bertz CT molecular complexity index is 355. The van der Waals surface area contributed by atoms with Gasteiger partial charge in [0.2, 0.25) is 0 Å². The van der Waals surface area contributed by atoms with Crippen molar-refractivity contribution in [3.63, 3.8) is 0 Å². The molecule has 0 spiro atoms. The lowest BCUT2D eigenvalue weighted by Gasteiger charge is -2.14. The van der Waals surface area contributed by atoms with Crippen LogP contribution in [0.2, 0.25) is 0 Å². The Labute approximate surface area is 115 Å². The third kappa shape index (κ3) is 5.49. The SMILES string of the molecule is CCOc1c(CNCCCCCO)cccc1OC. The number of aliphatic hydroxyl groups is 1. The molecule has 0 heterocycles. The van der Waals surface area contributed by atoms with Crippen molar-refractivity contribution in [3.05, 3.63) is 23.8 Å². The van der Waals surface area contributed by atoms with E-state index < -0.39 is 0 Å². The summed E-state index contributed by atoms with van der Waals surface area (Å²) in [5.41, 5.74) is 1.11. The van der Waals surface area contributed by atoms with Crippen molar-refractivity contribution in [2.75, 3.05) is 26.9 Å². The zero-order valence-corrected chi connectivity index (χ0v) is 11.9. The molecule has 0 fully saturated rings. The van der Waals surface area contributed by atoms with Crippen molar-refractivity contribution in [1.29, 1.82) is 0 Å². The number of aliphatic hydroxyl groups excluding tert-OH is 1. The van der Waals surface area contributed by atoms with Gasteiger partial charge in [-0.25, -0.2) is 0 Å². The van der Waals surface area contributed by atoms with E-state index in [-0.39, 0.29) is 6.61 Å². The maximum atomic E-state index is 8.70. The molecule has 2 N–H and O–H groups in total. The Morgan fingerprint density at radius 3 is 2.74 bits per heavy atom. The van der Waals surface area contributed by atoms with E-state index in [1.165, 1.54) is 0 Å². The summed E-state index contributed by atoms with van der Waals surface area (Å²) in [6, 6.07) is 5.94. The first-order chi connectivity index (χ1) is 9.33. The van der Waals surface area contributed by atoms with Crippen molar-refractivity contribution in [2.24, 2.45) is 0 Å². The molecule has 0 unspecified atom stereocenters. The van der Waals surface area contributed by atoms with Crippen LogP contribution in [-0.4, -0.2) is 32.0 Å². The maximum absolute atomic E-state index is 8.70. The molecular formula is C15H25NO3. The number of ether oxygens (including phenoxy) is 2. The van der Waals surface area contributed by atoms with E-state index in [4.69, 9.17) is 14.6 Å². The van der Waals surface area contributed by atoms with E-state index in [1.807, 2.05) is 25.1 Å². The summed E-state index contributed by atoms with van der Waals surface area (Å²) in [6.07, 6.45) is 3.01. The molecule has 0 radical (unpaired) electrons. The highest BCUT2D eigenvalue weighted by atomic mass is 16.5. The lowest BCUT2D eigenvalue weighted by Crippen LogP contribution is -2.15. The van der Waals surface area contributed by atoms with Gasteiger partial charge in [-0.05, 0) is 38.8 Å². The minimum atomic E-state index is 0.282. The van der Waals surface area contributed by atoms with Crippen molar-refractivity contribution >= 4 is 0 Å². The summed E-state index contributed by atoms with van der Waals surface area (Å²) < 4.78 is 11.0. The van der Waals surface area contributed by atoms with Gasteiger partial charge in [-0.2, -0.15) is 0 Å². The molecule has 0 saturated heterocycles. The lowest BCUT2D eigenvalue weighted by atomic mass is 10.1. The second-order valence-electron chi connectivity index (χ2n) is 4.34. The predicted molar refractivity (Wildman–Crippen MR) is 76.8 cm³/mol. The minimum absolute atomic E-state index is 0.282. The molecule has 4 heteroatoms. The van der Waals surface area contributed by atoms with E-state index >= 15 is 0 Å². The summed E-state index contributed by atoms with van der Waals surface area (Å²) >= 11 is 0. The number of hydrogen-bond acceptors (Lipinski definition) is 4. The van der Waals surface area contributed by atoms with Crippen LogP contribution in [0.1, 0.15) is 31.7 Å². The Balaban J connectivity index is 2.47. The molecule has 0 amide bonds. The Kier molecular flexibility index (Phi) is 8.02. The predicted octanol–water partition coefficient (Wildman–Crippen LogP) is 2.35. The first-order valence-corrected chi connectivity index (χ1v) is 6.93. The van der Waals surface area contributed by atoms with Gasteiger partial charge in [-0.3, -0.25) is 0 Å². The molecule has 4 nitrogen and oxygen atoms in total.